The molecule has 0 radical (unpaired) electrons. The summed E-state index contributed by atoms with van der Waals surface area (Å²) in [6.07, 6.45) is 1.63. The molecule has 6 nitrogen and oxygen atoms in total. The van der Waals surface area contributed by atoms with Crippen molar-refractivity contribution in [2.75, 3.05) is 13.7 Å². The maximum Gasteiger partial charge on any atom is 0.286 e. The van der Waals surface area contributed by atoms with Gasteiger partial charge in [0, 0.05) is 6.92 Å². The van der Waals surface area contributed by atoms with Crippen molar-refractivity contribution in [1.82, 2.24) is 5.32 Å². The molecule has 1 N–H and O–H groups in total. The molecule has 0 bridgehead atoms. The second-order valence-corrected chi connectivity index (χ2v) is 5.92. The molecule has 2 rings (SSSR count). The molecule has 1 aromatic rings. The SMILES string of the molecule is CCOc1c(Cl)cc(/C=C2\SC(NC(C)=O)=NC2=O)cc1OC. The minimum atomic E-state index is -0.414. The monoisotopic (exact) mass is 354 g/mol. The number of hydrogen-bond acceptors (Lipinski definition) is 5. The van der Waals surface area contributed by atoms with Gasteiger partial charge in [-0.3, -0.25) is 9.59 Å². The molecule has 122 valence electrons. The lowest BCUT2D eigenvalue weighted by molar-refractivity contribution is -0.117. The molecular formula is C15H15ClN2O4S. The summed E-state index contributed by atoms with van der Waals surface area (Å²) in [6, 6.07) is 3.39. The molecule has 23 heavy (non-hydrogen) atoms. The summed E-state index contributed by atoms with van der Waals surface area (Å²) in [5.41, 5.74) is 0.672. The third-order valence-corrected chi connectivity index (χ3v) is 3.92. The van der Waals surface area contributed by atoms with Gasteiger partial charge in [-0.25, -0.2) is 0 Å². The van der Waals surface area contributed by atoms with Gasteiger partial charge in [0.15, 0.2) is 16.7 Å². The highest BCUT2D eigenvalue weighted by molar-refractivity contribution is 8.18. The zero-order valence-electron chi connectivity index (χ0n) is 12.8. The second-order valence-electron chi connectivity index (χ2n) is 4.48. The summed E-state index contributed by atoms with van der Waals surface area (Å²) in [5, 5.41) is 3.14. The number of nitrogens with one attached hydrogen (secondary N) is 1. The Morgan fingerprint density at radius 1 is 1.48 bits per heavy atom. The van der Waals surface area contributed by atoms with Gasteiger partial charge in [0.1, 0.15) is 0 Å². The minimum Gasteiger partial charge on any atom is -0.493 e. The predicted octanol–water partition coefficient (Wildman–Crippen LogP) is 2.85. The average molecular weight is 355 g/mol. The van der Waals surface area contributed by atoms with E-state index >= 15 is 0 Å². The van der Waals surface area contributed by atoms with Crippen LogP contribution in [0.15, 0.2) is 22.0 Å². The van der Waals surface area contributed by atoms with Crippen molar-refractivity contribution < 1.29 is 19.1 Å². The number of aliphatic imine (C=N–C) groups is 1. The van der Waals surface area contributed by atoms with Crippen LogP contribution in [0.5, 0.6) is 11.5 Å². The zero-order valence-corrected chi connectivity index (χ0v) is 14.4. The van der Waals surface area contributed by atoms with Gasteiger partial charge in [-0.05, 0) is 42.5 Å². The van der Waals surface area contributed by atoms with Gasteiger partial charge < -0.3 is 14.8 Å². The molecule has 0 aromatic heterocycles. The van der Waals surface area contributed by atoms with Crippen molar-refractivity contribution in [3.05, 3.63) is 27.6 Å². The van der Waals surface area contributed by atoms with Crippen LogP contribution >= 0.6 is 23.4 Å². The highest BCUT2D eigenvalue weighted by atomic mass is 35.5. The van der Waals surface area contributed by atoms with Gasteiger partial charge in [0.05, 0.1) is 23.6 Å². The van der Waals surface area contributed by atoms with Crippen LogP contribution in [0.4, 0.5) is 0 Å². The molecular weight excluding hydrogens is 340 g/mol. The van der Waals surface area contributed by atoms with Crippen molar-refractivity contribution in [3.8, 4) is 11.5 Å². The Labute approximate surface area is 142 Å². The van der Waals surface area contributed by atoms with Crippen molar-refractivity contribution in [1.29, 1.82) is 0 Å². The topological polar surface area (TPSA) is 77.0 Å². The molecule has 0 atom stereocenters. The number of hydrogen-bond donors (Lipinski definition) is 1. The minimum absolute atomic E-state index is 0.262. The quantitative estimate of drug-likeness (QED) is 0.841. The Hall–Kier alpha value is -1.99. The fourth-order valence-electron chi connectivity index (χ4n) is 1.87. The van der Waals surface area contributed by atoms with Crippen molar-refractivity contribution in [3.63, 3.8) is 0 Å². The standard InChI is InChI=1S/C15H15ClN2O4S/c1-4-22-13-10(16)5-9(6-11(13)21-3)7-12-14(20)18-15(23-12)17-8(2)19/h5-7H,4H2,1-3H3,(H,17,18,19,20)/b12-7-. The van der Waals surface area contributed by atoms with Crippen molar-refractivity contribution in [2.45, 2.75) is 13.8 Å². The van der Waals surface area contributed by atoms with E-state index in [4.69, 9.17) is 21.1 Å². The van der Waals surface area contributed by atoms with Gasteiger partial charge in [-0.2, -0.15) is 4.99 Å². The number of nitrogens with zero attached hydrogens (tertiary/aromatic N) is 1. The summed E-state index contributed by atoms with van der Waals surface area (Å²) in [4.78, 5) is 27.0. The van der Waals surface area contributed by atoms with E-state index < -0.39 is 5.91 Å². The fraction of sp³-hybridized carbons (Fsp3) is 0.267. The first kappa shape index (κ1) is 17.4. The van der Waals surface area contributed by atoms with Gasteiger partial charge in [0.2, 0.25) is 5.91 Å². The number of ether oxygens (including phenoxy) is 2. The van der Waals surface area contributed by atoms with E-state index in [0.29, 0.717) is 33.6 Å². The molecule has 0 unspecified atom stereocenters. The summed E-state index contributed by atoms with van der Waals surface area (Å²) < 4.78 is 10.7. The molecule has 0 saturated carbocycles. The molecule has 1 aliphatic heterocycles. The maximum atomic E-state index is 11.9. The smallest absolute Gasteiger partial charge is 0.286 e. The normalized spacial score (nSPS) is 15.6. The predicted molar refractivity (Wildman–Crippen MR) is 91.0 cm³/mol. The Morgan fingerprint density at radius 2 is 2.22 bits per heavy atom. The third-order valence-electron chi connectivity index (χ3n) is 2.74. The van der Waals surface area contributed by atoms with Crippen LogP contribution in [0.2, 0.25) is 5.02 Å². The van der Waals surface area contributed by atoms with Crippen LogP contribution in [0, 0.1) is 0 Å². The van der Waals surface area contributed by atoms with Gasteiger partial charge in [-0.15, -0.1) is 0 Å². The van der Waals surface area contributed by atoms with Crippen LogP contribution < -0.4 is 14.8 Å². The number of benzene rings is 1. The summed E-state index contributed by atoms with van der Waals surface area (Å²) in [6.45, 7) is 3.66. The highest BCUT2D eigenvalue weighted by Gasteiger charge is 2.23. The number of carbonyl (C=O) groups excluding carboxylic acids is 2. The summed E-state index contributed by atoms with van der Waals surface area (Å²) in [5.74, 6) is 0.239. The second kappa shape index (κ2) is 7.52. The largest absolute Gasteiger partial charge is 0.493 e. The fourth-order valence-corrected chi connectivity index (χ4v) is 3.01. The third kappa shape index (κ3) is 4.27. The number of thioether (sulfide) groups is 1. The maximum absolute atomic E-state index is 11.9. The van der Waals surface area contributed by atoms with E-state index in [0.717, 1.165) is 11.8 Å². The molecule has 0 saturated heterocycles. The van der Waals surface area contributed by atoms with Gasteiger partial charge >= 0.3 is 0 Å². The lowest BCUT2D eigenvalue weighted by Gasteiger charge is -2.12. The summed E-state index contributed by atoms with van der Waals surface area (Å²) in [7, 11) is 1.51. The molecule has 1 aromatic carbocycles. The molecule has 0 aliphatic carbocycles. The van der Waals surface area contributed by atoms with Crippen LogP contribution in [0.25, 0.3) is 6.08 Å². The lowest BCUT2D eigenvalue weighted by Crippen LogP contribution is -2.23. The van der Waals surface area contributed by atoms with Crippen molar-refractivity contribution >= 4 is 46.4 Å². The van der Waals surface area contributed by atoms with Gasteiger partial charge in [-0.1, -0.05) is 11.6 Å². The highest BCUT2D eigenvalue weighted by Crippen LogP contribution is 2.38. The number of amides is 2. The number of halogens is 1. The molecule has 8 heteroatoms. The van der Waals surface area contributed by atoms with E-state index in [-0.39, 0.29) is 11.1 Å². The Bertz CT molecular complexity index is 716. The first-order valence-electron chi connectivity index (χ1n) is 6.75. The zero-order chi connectivity index (χ0) is 17.0. The summed E-state index contributed by atoms with van der Waals surface area (Å²) >= 11 is 7.29. The van der Waals surface area contributed by atoms with Crippen molar-refractivity contribution in [2.24, 2.45) is 4.99 Å². The average Bonchev–Trinajstić information content (AvgIpc) is 2.80. The number of rotatable bonds is 4. The number of carbonyl (C=O) groups is 2. The van der Waals surface area contributed by atoms with Crippen LogP contribution in [0.1, 0.15) is 19.4 Å². The lowest BCUT2D eigenvalue weighted by atomic mass is 10.2. The molecule has 1 heterocycles. The van der Waals surface area contributed by atoms with E-state index in [2.05, 4.69) is 10.3 Å². The van der Waals surface area contributed by atoms with E-state index in [1.165, 1.54) is 14.0 Å². The molecule has 2 amide bonds. The van der Waals surface area contributed by atoms with E-state index in [1.807, 2.05) is 6.92 Å². The Morgan fingerprint density at radius 3 is 2.83 bits per heavy atom. The van der Waals surface area contributed by atoms with Crippen LogP contribution in [-0.2, 0) is 9.59 Å². The van der Waals surface area contributed by atoms with Crippen LogP contribution in [0.3, 0.4) is 0 Å². The molecule has 1 aliphatic rings. The van der Waals surface area contributed by atoms with Crippen LogP contribution in [-0.4, -0.2) is 30.7 Å². The Balaban J connectivity index is 2.28. The number of amidine groups is 1. The molecule has 0 fully saturated rings. The van der Waals surface area contributed by atoms with Gasteiger partial charge in [0.25, 0.3) is 5.91 Å². The first-order valence-corrected chi connectivity index (χ1v) is 7.94. The number of methoxy groups -OCH3 is 1. The molecule has 0 spiro atoms. The Kier molecular flexibility index (Phi) is 5.68. The van der Waals surface area contributed by atoms with E-state index in [1.54, 1.807) is 18.2 Å². The van der Waals surface area contributed by atoms with E-state index in [9.17, 15) is 9.59 Å². The first-order chi connectivity index (χ1) is 10.9.